The van der Waals surface area contributed by atoms with Crippen molar-refractivity contribution in [3.8, 4) is 10.6 Å². The van der Waals surface area contributed by atoms with Gasteiger partial charge in [0.05, 0.1) is 10.6 Å². The van der Waals surface area contributed by atoms with Crippen LogP contribution in [-0.4, -0.2) is 4.98 Å². The smallest absolute Gasteiger partial charge is 0.158 e. The van der Waals surface area contributed by atoms with E-state index in [-0.39, 0.29) is 0 Å². The van der Waals surface area contributed by atoms with Crippen molar-refractivity contribution in [3.63, 3.8) is 0 Å². The van der Waals surface area contributed by atoms with Gasteiger partial charge in [0.25, 0.3) is 0 Å². The van der Waals surface area contributed by atoms with Gasteiger partial charge < -0.3 is 4.98 Å². The van der Waals surface area contributed by atoms with Gasteiger partial charge in [0.15, 0.2) is 3.95 Å². The molecule has 0 spiro atoms. The highest BCUT2D eigenvalue weighted by molar-refractivity contribution is 7.73. The fraction of sp³-hybridized carbons (Fsp3) is 0. The van der Waals surface area contributed by atoms with Gasteiger partial charge in [0.2, 0.25) is 0 Å². The van der Waals surface area contributed by atoms with Crippen LogP contribution >= 0.6 is 34.9 Å². The molecule has 0 saturated heterocycles. The van der Waals surface area contributed by atoms with E-state index in [0.29, 0.717) is 0 Å². The number of fused-ring (bicyclic) bond motifs is 1. The standard InChI is InChI=1S/C11H7NS3/c13-11-12-8(6-14-11)10-5-7-3-1-2-4-9(7)15-10/h1-6H,(H,12,13). The number of H-pyrrole nitrogens is 1. The molecule has 74 valence electrons. The molecule has 2 heterocycles. The lowest BCUT2D eigenvalue weighted by Crippen LogP contribution is -1.67. The van der Waals surface area contributed by atoms with Gasteiger partial charge in [-0.25, -0.2) is 0 Å². The van der Waals surface area contributed by atoms with Crippen molar-refractivity contribution in [3.05, 3.63) is 39.7 Å². The minimum Gasteiger partial charge on any atom is -0.336 e. The van der Waals surface area contributed by atoms with E-state index in [2.05, 4.69) is 40.7 Å². The SMILES string of the molecule is S=c1[nH]c(-c2cc3ccccc3s2)cs1. The summed E-state index contributed by atoms with van der Waals surface area (Å²) in [6, 6.07) is 10.6. The highest BCUT2D eigenvalue weighted by atomic mass is 32.1. The normalized spacial score (nSPS) is 10.9. The van der Waals surface area contributed by atoms with Crippen molar-refractivity contribution < 1.29 is 0 Å². The molecular weight excluding hydrogens is 242 g/mol. The second-order valence-corrected chi connectivity index (χ2v) is 5.84. The number of hydrogen-bond donors (Lipinski definition) is 1. The second-order valence-electron chi connectivity index (χ2n) is 3.21. The van der Waals surface area contributed by atoms with Gasteiger partial charge >= 0.3 is 0 Å². The molecule has 4 heteroatoms. The van der Waals surface area contributed by atoms with Crippen molar-refractivity contribution in [1.29, 1.82) is 0 Å². The zero-order chi connectivity index (χ0) is 10.3. The Morgan fingerprint density at radius 1 is 1.20 bits per heavy atom. The summed E-state index contributed by atoms with van der Waals surface area (Å²) in [6.07, 6.45) is 0. The van der Waals surface area contributed by atoms with E-state index >= 15 is 0 Å². The predicted octanol–water partition coefficient (Wildman–Crippen LogP) is 4.69. The largest absolute Gasteiger partial charge is 0.336 e. The van der Waals surface area contributed by atoms with E-state index in [0.717, 1.165) is 9.65 Å². The summed E-state index contributed by atoms with van der Waals surface area (Å²) in [5, 5.41) is 3.37. The molecule has 0 amide bonds. The van der Waals surface area contributed by atoms with E-state index in [4.69, 9.17) is 12.2 Å². The summed E-state index contributed by atoms with van der Waals surface area (Å²) < 4.78 is 2.15. The summed E-state index contributed by atoms with van der Waals surface area (Å²) in [4.78, 5) is 4.45. The third kappa shape index (κ3) is 1.65. The Morgan fingerprint density at radius 2 is 2.07 bits per heavy atom. The third-order valence-electron chi connectivity index (χ3n) is 2.21. The Hall–Kier alpha value is -0.970. The minimum absolute atomic E-state index is 0.836. The average Bonchev–Trinajstić information content (AvgIpc) is 2.82. The van der Waals surface area contributed by atoms with E-state index in [1.807, 2.05) is 0 Å². The lowest BCUT2D eigenvalue weighted by Gasteiger charge is -1.86. The maximum absolute atomic E-state index is 5.08. The summed E-state index contributed by atoms with van der Waals surface area (Å²) in [5.41, 5.74) is 1.13. The molecule has 0 radical (unpaired) electrons. The van der Waals surface area contributed by atoms with Gasteiger partial charge in [-0.3, -0.25) is 0 Å². The molecule has 0 unspecified atom stereocenters. The molecule has 2 aromatic heterocycles. The zero-order valence-electron chi connectivity index (χ0n) is 7.69. The van der Waals surface area contributed by atoms with E-state index in [1.165, 1.54) is 15.0 Å². The van der Waals surface area contributed by atoms with Gasteiger partial charge in [-0.2, -0.15) is 0 Å². The van der Waals surface area contributed by atoms with Crippen LogP contribution in [0.15, 0.2) is 35.7 Å². The van der Waals surface area contributed by atoms with Gasteiger partial charge in [-0.05, 0) is 29.7 Å². The Morgan fingerprint density at radius 3 is 2.80 bits per heavy atom. The van der Waals surface area contributed by atoms with Crippen LogP contribution in [0.3, 0.4) is 0 Å². The number of aromatic amines is 1. The van der Waals surface area contributed by atoms with Crippen LogP contribution in [0.1, 0.15) is 0 Å². The summed E-state index contributed by atoms with van der Waals surface area (Å²) >= 11 is 8.45. The molecular formula is C11H7NS3. The summed E-state index contributed by atoms with van der Waals surface area (Å²) in [7, 11) is 0. The number of rotatable bonds is 1. The Labute approximate surface area is 100 Å². The lowest BCUT2D eigenvalue weighted by atomic mass is 10.2. The molecule has 1 nitrogen and oxygen atoms in total. The van der Waals surface area contributed by atoms with Crippen molar-refractivity contribution in [2.24, 2.45) is 0 Å². The Bertz CT molecular complexity index is 626. The van der Waals surface area contributed by atoms with Crippen LogP contribution in [0, 0.1) is 3.95 Å². The summed E-state index contributed by atoms with van der Waals surface area (Å²) in [5.74, 6) is 0. The molecule has 1 N–H and O–H groups in total. The van der Waals surface area contributed by atoms with Crippen LogP contribution in [0.5, 0.6) is 0 Å². The molecule has 0 aliphatic rings. The first kappa shape index (κ1) is 9.27. The second kappa shape index (κ2) is 3.56. The molecule has 15 heavy (non-hydrogen) atoms. The number of thiophene rings is 1. The first-order valence-corrected chi connectivity index (χ1v) is 6.60. The van der Waals surface area contributed by atoms with E-state index in [1.54, 1.807) is 22.7 Å². The molecule has 0 fully saturated rings. The highest BCUT2D eigenvalue weighted by Gasteiger charge is 2.04. The zero-order valence-corrected chi connectivity index (χ0v) is 10.1. The Balaban J connectivity index is 2.24. The number of aromatic nitrogens is 1. The topological polar surface area (TPSA) is 15.8 Å². The van der Waals surface area contributed by atoms with E-state index in [9.17, 15) is 0 Å². The molecule has 0 atom stereocenters. The maximum Gasteiger partial charge on any atom is 0.158 e. The van der Waals surface area contributed by atoms with Crippen molar-refractivity contribution in [2.75, 3.05) is 0 Å². The molecule has 3 aromatic rings. The number of nitrogens with one attached hydrogen (secondary N) is 1. The monoisotopic (exact) mass is 249 g/mol. The van der Waals surface area contributed by atoms with E-state index < -0.39 is 0 Å². The van der Waals surface area contributed by atoms with Crippen LogP contribution in [0.25, 0.3) is 20.7 Å². The molecule has 3 rings (SSSR count). The third-order valence-corrected chi connectivity index (χ3v) is 4.42. The Kier molecular flexibility index (Phi) is 2.20. The van der Waals surface area contributed by atoms with Gasteiger partial charge in [-0.1, -0.05) is 18.2 Å². The summed E-state index contributed by atoms with van der Waals surface area (Å²) in [6.45, 7) is 0. The van der Waals surface area contributed by atoms with Gasteiger partial charge in [-0.15, -0.1) is 22.7 Å². The lowest BCUT2D eigenvalue weighted by molar-refractivity contribution is 1.41. The van der Waals surface area contributed by atoms with Crippen LogP contribution in [0.4, 0.5) is 0 Å². The minimum atomic E-state index is 0.836. The average molecular weight is 249 g/mol. The van der Waals surface area contributed by atoms with Crippen molar-refractivity contribution in [1.82, 2.24) is 4.98 Å². The molecule has 0 bridgehead atoms. The van der Waals surface area contributed by atoms with Gasteiger partial charge in [0, 0.05) is 10.1 Å². The van der Waals surface area contributed by atoms with Crippen LogP contribution in [0.2, 0.25) is 0 Å². The van der Waals surface area contributed by atoms with Crippen molar-refractivity contribution in [2.45, 2.75) is 0 Å². The molecule has 0 aliphatic carbocycles. The van der Waals surface area contributed by atoms with Crippen LogP contribution < -0.4 is 0 Å². The molecule has 0 saturated carbocycles. The number of thiazole rings is 1. The van der Waals surface area contributed by atoms with Gasteiger partial charge in [0.1, 0.15) is 0 Å². The van der Waals surface area contributed by atoms with Crippen LogP contribution in [-0.2, 0) is 0 Å². The first-order valence-electron chi connectivity index (χ1n) is 4.50. The molecule has 1 aromatic carbocycles. The fourth-order valence-corrected chi connectivity index (χ4v) is 3.46. The number of benzene rings is 1. The fourth-order valence-electron chi connectivity index (χ4n) is 1.52. The molecule has 0 aliphatic heterocycles. The highest BCUT2D eigenvalue weighted by Crippen LogP contribution is 2.33. The first-order chi connectivity index (χ1) is 7.33. The number of hydrogen-bond acceptors (Lipinski definition) is 3. The van der Waals surface area contributed by atoms with Crippen molar-refractivity contribution >= 4 is 45.0 Å². The predicted molar refractivity (Wildman–Crippen MR) is 70.3 cm³/mol. The maximum atomic E-state index is 5.08. The quantitative estimate of drug-likeness (QED) is 0.619.